The number of amides is 1. The van der Waals surface area contributed by atoms with Crippen LogP contribution in [0.2, 0.25) is 5.15 Å². The minimum Gasteiger partial charge on any atom is -0.383 e. The van der Waals surface area contributed by atoms with Gasteiger partial charge in [-0.15, -0.1) is 0 Å². The maximum Gasteiger partial charge on any atom is 0.253 e. The minimum atomic E-state index is -0.0792. The number of aromatic nitrogens is 1. The molecule has 0 aliphatic heterocycles. The molecule has 0 fully saturated rings. The molecule has 0 N–H and O–H groups in total. The molecule has 1 amide bonds. The molecule has 0 atom stereocenters. The van der Waals surface area contributed by atoms with Crippen molar-refractivity contribution in [3.63, 3.8) is 0 Å². The molecule has 88 valence electrons. The van der Waals surface area contributed by atoms with Gasteiger partial charge in [-0.1, -0.05) is 11.6 Å². The van der Waals surface area contributed by atoms with Gasteiger partial charge in [0.05, 0.1) is 6.61 Å². The van der Waals surface area contributed by atoms with E-state index in [-0.39, 0.29) is 5.91 Å². The third kappa shape index (κ3) is 3.47. The fraction of sp³-hybridized carbons (Fsp3) is 0.455. The summed E-state index contributed by atoms with van der Waals surface area (Å²) in [5.74, 6) is -0.0792. The van der Waals surface area contributed by atoms with Gasteiger partial charge in [0.2, 0.25) is 0 Å². The number of nitrogens with zero attached hydrogens (tertiary/aromatic N) is 2. The lowest BCUT2D eigenvalue weighted by molar-refractivity contribution is 0.0744. The maximum absolute atomic E-state index is 11.9. The van der Waals surface area contributed by atoms with E-state index in [1.165, 1.54) is 0 Å². The summed E-state index contributed by atoms with van der Waals surface area (Å²) in [5.41, 5.74) is 1.28. The van der Waals surface area contributed by atoms with Crippen molar-refractivity contribution < 1.29 is 9.53 Å². The molecular weight excluding hydrogens is 228 g/mol. The van der Waals surface area contributed by atoms with Gasteiger partial charge in [-0.2, -0.15) is 0 Å². The summed E-state index contributed by atoms with van der Waals surface area (Å²) in [6.07, 6.45) is 0. The molecule has 1 aromatic heterocycles. The highest BCUT2D eigenvalue weighted by atomic mass is 35.5. The number of likely N-dealkylation sites (N-methyl/N-ethyl adjacent to an activating group) is 1. The Labute approximate surface area is 100 Å². The quantitative estimate of drug-likeness (QED) is 0.756. The second-order valence-corrected chi connectivity index (χ2v) is 3.93. The van der Waals surface area contributed by atoms with Crippen molar-refractivity contribution in [2.45, 2.75) is 6.92 Å². The van der Waals surface area contributed by atoms with Crippen LogP contribution in [0.25, 0.3) is 0 Å². The summed E-state index contributed by atoms with van der Waals surface area (Å²) in [5, 5.41) is 0.337. The van der Waals surface area contributed by atoms with Crippen molar-refractivity contribution in [2.24, 2.45) is 0 Å². The van der Waals surface area contributed by atoms with Crippen molar-refractivity contribution in [2.75, 3.05) is 27.3 Å². The van der Waals surface area contributed by atoms with E-state index >= 15 is 0 Å². The van der Waals surface area contributed by atoms with E-state index in [2.05, 4.69) is 4.98 Å². The Kier molecular flexibility index (Phi) is 4.71. The molecule has 1 heterocycles. The fourth-order valence-electron chi connectivity index (χ4n) is 1.30. The third-order valence-corrected chi connectivity index (χ3v) is 2.34. The van der Waals surface area contributed by atoms with Crippen LogP contribution in [0.15, 0.2) is 12.1 Å². The van der Waals surface area contributed by atoms with Crippen molar-refractivity contribution in [3.8, 4) is 0 Å². The average Bonchev–Trinajstić information content (AvgIpc) is 2.23. The van der Waals surface area contributed by atoms with Gasteiger partial charge in [-0.3, -0.25) is 4.79 Å². The first-order chi connectivity index (χ1) is 7.54. The van der Waals surface area contributed by atoms with E-state index in [9.17, 15) is 4.79 Å². The molecule has 4 nitrogen and oxygen atoms in total. The first kappa shape index (κ1) is 12.9. The van der Waals surface area contributed by atoms with Crippen molar-refractivity contribution in [1.29, 1.82) is 0 Å². The molecule has 1 aromatic rings. The second kappa shape index (κ2) is 5.82. The van der Waals surface area contributed by atoms with E-state index in [0.29, 0.717) is 23.9 Å². The van der Waals surface area contributed by atoms with Crippen LogP contribution in [0.3, 0.4) is 0 Å². The molecule has 0 aromatic carbocycles. The molecule has 0 radical (unpaired) electrons. The van der Waals surface area contributed by atoms with Gasteiger partial charge in [0.15, 0.2) is 0 Å². The normalized spacial score (nSPS) is 10.2. The number of rotatable bonds is 4. The van der Waals surface area contributed by atoms with Gasteiger partial charge in [0.25, 0.3) is 5.91 Å². The summed E-state index contributed by atoms with van der Waals surface area (Å²) in [7, 11) is 3.33. The second-order valence-electron chi connectivity index (χ2n) is 3.54. The molecule has 0 saturated heterocycles. The smallest absolute Gasteiger partial charge is 0.253 e. The van der Waals surface area contributed by atoms with Gasteiger partial charge >= 0.3 is 0 Å². The number of aryl methyl sites for hydroxylation is 1. The summed E-state index contributed by atoms with van der Waals surface area (Å²) in [6, 6.07) is 3.29. The van der Waals surface area contributed by atoms with E-state index < -0.39 is 0 Å². The lowest BCUT2D eigenvalue weighted by atomic mass is 10.2. The Bertz CT molecular complexity index is 362. The lowest BCUT2D eigenvalue weighted by Gasteiger charge is -2.16. The van der Waals surface area contributed by atoms with Crippen LogP contribution in [0.1, 0.15) is 16.1 Å². The zero-order chi connectivity index (χ0) is 12.1. The van der Waals surface area contributed by atoms with Crippen molar-refractivity contribution >= 4 is 17.5 Å². The first-order valence-electron chi connectivity index (χ1n) is 4.93. The van der Waals surface area contributed by atoms with Crippen LogP contribution < -0.4 is 0 Å². The third-order valence-electron chi connectivity index (χ3n) is 2.15. The Morgan fingerprint density at radius 3 is 2.81 bits per heavy atom. The Hall–Kier alpha value is -1.13. The molecule has 0 aliphatic rings. The van der Waals surface area contributed by atoms with Gasteiger partial charge < -0.3 is 9.64 Å². The van der Waals surface area contributed by atoms with Crippen LogP contribution in [-0.4, -0.2) is 43.1 Å². The summed E-state index contributed by atoms with van der Waals surface area (Å²) < 4.78 is 4.91. The zero-order valence-electron chi connectivity index (χ0n) is 9.66. The summed E-state index contributed by atoms with van der Waals surface area (Å²) in [6.45, 7) is 2.87. The summed E-state index contributed by atoms with van der Waals surface area (Å²) in [4.78, 5) is 17.5. The molecule has 1 rings (SSSR count). The largest absolute Gasteiger partial charge is 0.383 e. The predicted octanol–water partition coefficient (Wildman–Crippen LogP) is 1.76. The molecular formula is C11H15ClN2O2. The topological polar surface area (TPSA) is 42.4 Å². The van der Waals surface area contributed by atoms with Crippen LogP contribution >= 0.6 is 11.6 Å². The number of carbonyl (C=O) groups excluding carboxylic acids is 1. The molecule has 16 heavy (non-hydrogen) atoms. The Balaban J connectivity index is 2.79. The number of pyridine rings is 1. The number of carbonyl (C=O) groups is 1. The average molecular weight is 243 g/mol. The Morgan fingerprint density at radius 2 is 2.25 bits per heavy atom. The fourth-order valence-corrected chi connectivity index (χ4v) is 1.55. The van der Waals surface area contributed by atoms with Gasteiger partial charge in [-0.25, -0.2) is 4.98 Å². The molecule has 0 aliphatic carbocycles. The van der Waals surface area contributed by atoms with Gasteiger partial charge in [-0.05, 0) is 19.1 Å². The van der Waals surface area contributed by atoms with Crippen molar-refractivity contribution in [3.05, 3.63) is 28.5 Å². The van der Waals surface area contributed by atoms with E-state index in [4.69, 9.17) is 16.3 Å². The standard InChI is InChI=1S/C11H15ClN2O2/c1-8-6-9(7-10(12)13-8)11(15)14(2)4-5-16-3/h6-7H,4-5H2,1-3H3. The highest BCUT2D eigenvalue weighted by Crippen LogP contribution is 2.12. The van der Waals surface area contributed by atoms with Crippen LogP contribution in [-0.2, 0) is 4.74 Å². The Morgan fingerprint density at radius 1 is 1.56 bits per heavy atom. The SMILES string of the molecule is COCCN(C)C(=O)c1cc(C)nc(Cl)c1. The lowest BCUT2D eigenvalue weighted by Crippen LogP contribution is -2.30. The molecule has 5 heteroatoms. The van der Waals surface area contributed by atoms with Crippen LogP contribution in [0.5, 0.6) is 0 Å². The summed E-state index contributed by atoms with van der Waals surface area (Å²) >= 11 is 5.80. The molecule has 0 spiro atoms. The number of hydrogen-bond donors (Lipinski definition) is 0. The zero-order valence-corrected chi connectivity index (χ0v) is 10.4. The molecule has 0 unspecified atom stereocenters. The van der Waals surface area contributed by atoms with E-state index in [1.54, 1.807) is 38.1 Å². The highest BCUT2D eigenvalue weighted by molar-refractivity contribution is 6.29. The number of ether oxygens (including phenoxy) is 1. The maximum atomic E-state index is 11.9. The van der Waals surface area contributed by atoms with Crippen LogP contribution in [0.4, 0.5) is 0 Å². The van der Waals surface area contributed by atoms with Gasteiger partial charge in [0, 0.05) is 32.0 Å². The molecule has 0 saturated carbocycles. The van der Waals surface area contributed by atoms with E-state index in [0.717, 1.165) is 5.69 Å². The van der Waals surface area contributed by atoms with E-state index in [1.807, 2.05) is 0 Å². The number of halogens is 1. The first-order valence-corrected chi connectivity index (χ1v) is 5.31. The minimum absolute atomic E-state index is 0.0792. The highest BCUT2D eigenvalue weighted by Gasteiger charge is 2.12. The number of methoxy groups -OCH3 is 1. The monoisotopic (exact) mass is 242 g/mol. The molecule has 0 bridgehead atoms. The van der Waals surface area contributed by atoms with Crippen molar-refractivity contribution in [1.82, 2.24) is 9.88 Å². The van der Waals surface area contributed by atoms with Crippen LogP contribution in [0, 0.1) is 6.92 Å². The number of hydrogen-bond acceptors (Lipinski definition) is 3. The predicted molar refractivity (Wildman–Crippen MR) is 62.8 cm³/mol. The van der Waals surface area contributed by atoms with Gasteiger partial charge in [0.1, 0.15) is 5.15 Å².